The number of carbonyl (C=O) groups excluding carboxylic acids is 2. The van der Waals surface area contributed by atoms with Crippen molar-refractivity contribution in [3.63, 3.8) is 0 Å². The van der Waals surface area contributed by atoms with Crippen LogP contribution in [-0.2, 0) is 16.1 Å². The maximum atomic E-state index is 12.4. The van der Waals surface area contributed by atoms with Crippen molar-refractivity contribution in [3.8, 4) is 0 Å². The van der Waals surface area contributed by atoms with Crippen molar-refractivity contribution < 1.29 is 9.59 Å². The van der Waals surface area contributed by atoms with E-state index in [0.29, 0.717) is 0 Å². The predicted molar refractivity (Wildman–Crippen MR) is 90.7 cm³/mol. The first-order valence-electron chi connectivity index (χ1n) is 8.29. The molecule has 126 valence electrons. The summed E-state index contributed by atoms with van der Waals surface area (Å²) >= 11 is 0. The number of likely N-dealkylation sites (tertiary alicyclic amines) is 1. The Hall–Kier alpha value is -1.88. The zero-order valence-corrected chi connectivity index (χ0v) is 14.2. The van der Waals surface area contributed by atoms with E-state index in [0.717, 1.165) is 26.1 Å². The minimum atomic E-state index is -0.462. The number of nitrogens with zero attached hydrogens (tertiary/aromatic N) is 1. The van der Waals surface area contributed by atoms with E-state index < -0.39 is 6.04 Å². The molecule has 2 amide bonds. The second-order valence-electron chi connectivity index (χ2n) is 6.64. The molecule has 2 unspecified atom stereocenters. The molecule has 23 heavy (non-hydrogen) atoms. The smallest absolute Gasteiger partial charge is 0.243 e. The van der Waals surface area contributed by atoms with Gasteiger partial charge >= 0.3 is 0 Å². The highest BCUT2D eigenvalue weighted by Gasteiger charge is 2.28. The van der Waals surface area contributed by atoms with Crippen LogP contribution in [0.3, 0.4) is 0 Å². The summed E-state index contributed by atoms with van der Waals surface area (Å²) in [4.78, 5) is 26.0. The molecule has 1 heterocycles. The number of benzene rings is 1. The molecule has 1 aliphatic rings. The molecule has 1 aromatic rings. The molecule has 1 aliphatic heterocycles. The summed E-state index contributed by atoms with van der Waals surface area (Å²) in [5, 5.41) is 5.83. The fourth-order valence-corrected chi connectivity index (χ4v) is 2.98. The predicted octanol–water partition coefficient (Wildman–Crippen LogP) is 1.54. The monoisotopic (exact) mass is 317 g/mol. The maximum absolute atomic E-state index is 12.4. The summed E-state index contributed by atoms with van der Waals surface area (Å²) in [5.74, 6) is -0.182. The van der Waals surface area contributed by atoms with Crippen molar-refractivity contribution in [2.75, 3.05) is 13.1 Å². The van der Waals surface area contributed by atoms with E-state index in [1.807, 2.05) is 32.0 Å². The van der Waals surface area contributed by atoms with Crippen molar-refractivity contribution in [2.24, 2.45) is 5.92 Å². The van der Waals surface area contributed by atoms with E-state index in [9.17, 15) is 9.59 Å². The zero-order chi connectivity index (χ0) is 16.8. The van der Waals surface area contributed by atoms with Crippen molar-refractivity contribution in [1.29, 1.82) is 0 Å². The molecule has 0 aromatic heterocycles. The van der Waals surface area contributed by atoms with Gasteiger partial charge in [-0.15, -0.1) is 0 Å². The van der Waals surface area contributed by atoms with Crippen molar-refractivity contribution in [2.45, 2.75) is 45.8 Å². The largest absolute Gasteiger partial charge is 0.350 e. The third kappa shape index (κ3) is 5.36. The van der Waals surface area contributed by atoms with Crippen LogP contribution in [0.2, 0.25) is 0 Å². The van der Waals surface area contributed by atoms with Gasteiger partial charge in [0.1, 0.15) is 6.04 Å². The topological polar surface area (TPSA) is 61.4 Å². The summed E-state index contributed by atoms with van der Waals surface area (Å²) in [6, 6.07) is 10.0. The van der Waals surface area contributed by atoms with Crippen LogP contribution in [-0.4, -0.2) is 41.9 Å². The molecule has 1 aromatic carbocycles. The second-order valence-corrected chi connectivity index (χ2v) is 6.64. The van der Waals surface area contributed by atoms with Crippen LogP contribution >= 0.6 is 0 Å². The third-order valence-electron chi connectivity index (χ3n) is 4.18. The molecule has 2 N–H and O–H groups in total. The van der Waals surface area contributed by atoms with E-state index in [4.69, 9.17) is 0 Å². The standard InChI is InChI=1S/C18H27N3O2/c1-13(2)17(19-14(3)22)18(23)20-16-9-10-21(12-16)11-15-7-5-4-6-8-15/h4-8,13,16-17H,9-12H2,1-3H3,(H,19,22)(H,20,23). The van der Waals surface area contributed by atoms with Gasteiger partial charge in [0.2, 0.25) is 11.8 Å². The van der Waals surface area contributed by atoms with Crippen molar-refractivity contribution in [1.82, 2.24) is 15.5 Å². The van der Waals surface area contributed by atoms with Gasteiger partial charge in [-0.2, -0.15) is 0 Å². The Bertz CT molecular complexity index is 530. The lowest BCUT2D eigenvalue weighted by atomic mass is 10.0. The Labute approximate surface area is 138 Å². The number of carbonyl (C=O) groups is 2. The molecule has 0 radical (unpaired) electrons. The van der Waals surface area contributed by atoms with Gasteiger partial charge in [-0.1, -0.05) is 44.2 Å². The lowest BCUT2D eigenvalue weighted by molar-refractivity contribution is -0.129. The highest BCUT2D eigenvalue weighted by molar-refractivity contribution is 5.87. The van der Waals surface area contributed by atoms with Crippen molar-refractivity contribution in [3.05, 3.63) is 35.9 Å². The van der Waals surface area contributed by atoms with Gasteiger partial charge in [0.05, 0.1) is 0 Å². The molecule has 0 bridgehead atoms. The summed E-state index contributed by atoms with van der Waals surface area (Å²) in [5.41, 5.74) is 1.29. The van der Waals surface area contributed by atoms with Gasteiger partial charge in [0, 0.05) is 32.6 Å². The maximum Gasteiger partial charge on any atom is 0.243 e. The van der Waals surface area contributed by atoms with Crippen LogP contribution in [0.15, 0.2) is 30.3 Å². The number of amides is 2. The molecule has 5 nitrogen and oxygen atoms in total. The fraction of sp³-hybridized carbons (Fsp3) is 0.556. The molecule has 2 atom stereocenters. The highest BCUT2D eigenvalue weighted by atomic mass is 16.2. The van der Waals surface area contributed by atoms with Crippen molar-refractivity contribution >= 4 is 11.8 Å². The molecule has 0 spiro atoms. The Balaban J connectivity index is 1.84. The Morgan fingerprint density at radius 1 is 1.26 bits per heavy atom. The Morgan fingerprint density at radius 3 is 2.57 bits per heavy atom. The van der Waals surface area contributed by atoms with E-state index in [2.05, 4.69) is 27.7 Å². The number of rotatable bonds is 6. The van der Waals surface area contributed by atoms with E-state index >= 15 is 0 Å². The van der Waals surface area contributed by atoms with E-state index in [-0.39, 0.29) is 23.8 Å². The van der Waals surface area contributed by atoms with Gasteiger partial charge in [0.15, 0.2) is 0 Å². The first-order chi connectivity index (χ1) is 11.0. The molecule has 0 aliphatic carbocycles. The first-order valence-corrected chi connectivity index (χ1v) is 8.29. The fourth-order valence-electron chi connectivity index (χ4n) is 2.98. The van der Waals surface area contributed by atoms with Gasteiger partial charge in [-0.25, -0.2) is 0 Å². The average Bonchev–Trinajstić information content (AvgIpc) is 2.92. The Morgan fingerprint density at radius 2 is 1.96 bits per heavy atom. The lowest BCUT2D eigenvalue weighted by Gasteiger charge is -2.23. The van der Waals surface area contributed by atoms with Gasteiger partial charge in [0.25, 0.3) is 0 Å². The number of hydrogen-bond acceptors (Lipinski definition) is 3. The first kappa shape index (κ1) is 17.5. The quantitative estimate of drug-likeness (QED) is 0.836. The molecular formula is C18H27N3O2. The van der Waals surface area contributed by atoms with E-state index in [1.165, 1.54) is 12.5 Å². The van der Waals surface area contributed by atoms with Gasteiger partial charge in [-0.05, 0) is 17.9 Å². The summed E-state index contributed by atoms with van der Waals surface area (Å²) < 4.78 is 0. The third-order valence-corrected chi connectivity index (χ3v) is 4.18. The SMILES string of the molecule is CC(=O)NC(C(=O)NC1CCN(Cc2ccccc2)C1)C(C)C. The molecular weight excluding hydrogens is 290 g/mol. The molecule has 2 rings (SSSR count). The Kier molecular flexibility index (Phi) is 6.16. The minimum Gasteiger partial charge on any atom is -0.350 e. The highest BCUT2D eigenvalue weighted by Crippen LogP contribution is 2.14. The van der Waals surface area contributed by atoms with Crippen LogP contribution < -0.4 is 10.6 Å². The molecule has 1 fully saturated rings. The average molecular weight is 317 g/mol. The van der Waals surface area contributed by atoms with Gasteiger partial charge < -0.3 is 10.6 Å². The molecule has 5 heteroatoms. The van der Waals surface area contributed by atoms with Crippen LogP contribution in [0.4, 0.5) is 0 Å². The molecule has 1 saturated heterocycles. The van der Waals surface area contributed by atoms with Crippen LogP contribution in [0.1, 0.15) is 32.8 Å². The number of nitrogens with one attached hydrogen (secondary N) is 2. The normalized spacial score (nSPS) is 19.6. The van der Waals surface area contributed by atoms with Crippen LogP contribution in [0.5, 0.6) is 0 Å². The van der Waals surface area contributed by atoms with E-state index in [1.54, 1.807) is 0 Å². The zero-order valence-electron chi connectivity index (χ0n) is 14.2. The number of hydrogen-bond donors (Lipinski definition) is 2. The molecule has 0 saturated carbocycles. The van der Waals surface area contributed by atoms with Gasteiger partial charge in [-0.3, -0.25) is 14.5 Å². The minimum absolute atomic E-state index is 0.0701. The van der Waals surface area contributed by atoms with Crippen LogP contribution in [0.25, 0.3) is 0 Å². The second kappa shape index (κ2) is 8.11. The summed E-state index contributed by atoms with van der Waals surface area (Å²) in [6.07, 6.45) is 0.948. The lowest BCUT2D eigenvalue weighted by Crippen LogP contribution is -2.52. The van der Waals surface area contributed by atoms with Crippen LogP contribution in [0, 0.1) is 5.92 Å². The summed E-state index contributed by atoms with van der Waals surface area (Å²) in [6.45, 7) is 8.07. The summed E-state index contributed by atoms with van der Waals surface area (Å²) in [7, 11) is 0.